The highest BCUT2D eigenvalue weighted by atomic mass is 19.1. The Morgan fingerprint density at radius 2 is 2.47 bits per heavy atom. The number of pyridine rings is 1. The van der Waals surface area contributed by atoms with Gasteiger partial charge in [-0.15, -0.1) is 0 Å². The number of nitrogens with zero attached hydrogens (tertiary/aromatic N) is 2. The molecule has 1 aliphatic rings. The number of ether oxygens (including phenoxy) is 1. The van der Waals surface area contributed by atoms with Gasteiger partial charge in [0.1, 0.15) is 11.9 Å². The van der Waals surface area contributed by atoms with Crippen LogP contribution < -0.4 is 4.74 Å². The molecule has 1 fully saturated rings. The van der Waals surface area contributed by atoms with Crippen molar-refractivity contribution in [3.63, 3.8) is 0 Å². The summed E-state index contributed by atoms with van der Waals surface area (Å²) in [5.41, 5.74) is 0. The highest BCUT2D eigenvalue weighted by Crippen LogP contribution is 2.21. The standard InChI is InChI=1S/C11H13FN2O3/c1-7-4-9(6-14(7)11(15)16)17-10-5-8(12)2-3-13-10/h2-3,5,7,9H,4,6H2,1H3,(H,15,16)/t7-,9+/m0/s1. The molecule has 17 heavy (non-hydrogen) atoms. The van der Waals surface area contributed by atoms with E-state index in [-0.39, 0.29) is 24.6 Å². The Hall–Kier alpha value is -1.85. The average molecular weight is 240 g/mol. The Balaban J connectivity index is 2.00. The molecule has 92 valence electrons. The van der Waals surface area contributed by atoms with Gasteiger partial charge in [-0.05, 0) is 13.0 Å². The minimum atomic E-state index is -0.962. The molecule has 0 spiro atoms. The highest BCUT2D eigenvalue weighted by molar-refractivity contribution is 5.65. The fourth-order valence-corrected chi connectivity index (χ4v) is 1.95. The van der Waals surface area contributed by atoms with Crippen molar-refractivity contribution in [3.8, 4) is 5.88 Å². The lowest BCUT2D eigenvalue weighted by Gasteiger charge is -2.16. The van der Waals surface area contributed by atoms with Crippen molar-refractivity contribution in [3.05, 3.63) is 24.1 Å². The van der Waals surface area contributed by atoms with Crippen molar-refractivity contribution < 1.29 is 19.0 Å². The van der Waals surface area contributed by atoms with E-state index in [0.29, 0.717) is 6.42 Å². The van der Waals surface area contributed by atoms with Gasteiger partial charge < -0.3 is 14.7 Å². The monoisotopic (exact) mass is 240 g/mol. The first-order valence-electron chi connectivity index (χ1n) is 5.34. The summed E-state index contributed by atoms with van der Waals surface area (Å²) in [5, 5.41) is 8.91. The normalized spacial score (nSPS) is 23.8. The number of rotatable bonds is 2. The number of aromatic nitrogens is 1. The fourth-order valence-electron chi connectivity index (χ4n) is 1.95. The molecule has 1 aliphatic heterocycles. The number of hydrogen-bond acceptors (Lipinski definition) is 3. The average Bonchev–Trinajstić information content (AvgIpc) is 2.59. The number of halogens is 1. The molecule has 0 unspecified atom stereocenters. The van der Waals surface area contributed by atoms with Gasteiger partial charge in [0.15, 0.2) is 0 Å². The molecule has 2 heterocycles. The summed E-state index contributed by atoms with van der Waals surface area (Å²) in [7, 11) is 0. The van der Waals surface area contributed by atoms with Crippen LogP contribution >= 0.6 is 0 Å². The fraction of sp³-hybridized carbons (Fsp3) is 0.455. The molecule has 1 aromatic heterocycles. The zero-order valence-corrected chi connectivity index (χ0v) is 9.34. The molecular weight excluding hydrogens is 227 g/mol. The second-order valence-corrected chi connectivity index (χ2v) is 4.07. The van der Waals surface area contributed by atoms with E-state index in [1.807, 2.05) is 6.92 Å². The van der Waals surface area contributed by atoms with E-state index in [2.05, 4.69) is 4.98 Å². The van der Waals surface area contributed by atoms with Crippen molar-refractivity contribution in [1.29, 1.82) is 0 Å². The van der Waals surface area contributed by atoms with Gasteiger partial charge >= 0.3 is 6.09 Å². The van der Waals surface area contributed by atoms with Gasteiger partial charge in [0.2, 0.25) is 5.88 Å². The van der Waals surface area contributed by atoms with E-state index in [1.165, 1.54) is 23.2 Å². The number of carbonyl (C=O) groups is 1. The van der Waals surface area contributed by atoms with Crippen molar-refractivity contribution in [1.82, 2.24) is 9.88 Å². The van der Waals surface area contributed by atoms with E-state index in [0.717, 1.165) is 0 Å². The maximum absolute atomic E-state index is 12.9. The van der Waals surface area contributed by atoms with E-state index < -0.39 is 11.9 Å². The van der Waals surface area contributed by atoms with Crippen LogP contribution in [0.5, 0.6) is 5.88 Å². The van der Waals surface area contributed by atoms with E-state index in [4.69, 9.17) is 9.84 Å². The quantitative estimate of drug-likeness (QED) is 0.855. The topological polar surface area (TPSA) is 62.7 Å². The van der Waals surface area contributed by atoms with Gasteiger partial charge in [0.25, 0.3) is 0 Å². The van der Waals surface area contributed by atoms with Crippen LogP contribution in [0, 0.1) is 5.82 Å². The first-order chi connectivity index (χ1) is 8.06. The molecule has 1 aromatic rings. The van der Waals surface area contributed by atoms with Crippen LogP contribution in [-0.4, -0.2) is 39.8 Å². The lowest BCUT2D eigenvalue weighted by molar-refractivity contribution is 0.136. The van der Waals surface area contributed by atoms with Crippen molar-refractivity contribution in [2.24, 2.45) is 0 Å². The first kappa shape index (κ1) is 11.6. The predicted molar refractivity (Wildman–Crippen MR) is 57.4 cm³/mol. The Bertz CT molecular complexity index is 427. The van der Waals surface area contributed by atoms with Crippen molar-refractivity contribution >= 4 is 6.09 Å². The lowest BCUT2D eigenvalue weighted by atomic mass is 10.2. The van der Waals surface area contributed by atoms with Crippen molar-refractivity contribution in [2.45, 2.75) is 25.5 Å². The van der Waals surface area contributed by atoms with E-state index >= 15 is 0 Å². The smallest absolute Gasteiger partial charge is 0.407 e. The Morgan fingerprint density at radius 3 is 3.06 bits per heavy atom. The molecule has 0 saturated carbocycles. The number of carboxylic acid groups (broad SMARTS) is 1. The maximum atomic E-state index is 12.9. The molecule has 2 atom stereocenters. The number of amides is 1. The minimum Gasteiger partial charge on any atom is -0.472 e. The second-order valence-electron chi connectivity index (χ2n) is 4.07. The van der Waals surface area contributed by atoms with Gasteiger partial charge in [-0.2, -0.15) is 0 Å². The molecule has 1 saturated heterocycles. The minimum absolute atomic E-state index is 0.0916. The number of likely N-dealkylation sites (tertiary alicyclic amines) is 1. The SMILES string of the molecule is C[C@H]1C[C@@H](Oc2cc(F)ccn2)CN1C(=O)O. The summed E-state index contributed by atoms with van der Waals surface area (Å²) >= 11 is 0. The van der Waals surface area contributed by atoms with E-state index in [1.54, 1.807) is 0 Å². The number of hydrogen-bond donors (Lipinski definition) is 1. The summed E-state index contributed by atoms with van der Waals surface area (Å²) in [4.78, 5) is 16.0. The first-order valence-corrected chi connectivity index (χ1v) is 5.34. The predicted octanol–water partition coefficient (Wildman–Crippen LogP) is 1.74. The van der Waals surface area contributed by atoms with Gasteiger partial charge in [-0.1, -0.05) is 0 Å². The maximum Gasteiger partial charge on any atom is 0.407 e. The van der Waals surface area contributed by atoms with Crippen LogP contribution in [0.25, 0.3) is 0 Å². The molecule has 0 bridgehead atoms. The third kappa shape index (κ3) is 2.64. The van der Waals surface area contributed by atoms with Crippen molar-refractivity contribution in [2.75, 3.05) is 6.54 Å². The Labute approximate surface area is 97.8 Å². The second kappa shape index (κ2) is 4.57. The molecule has 1 N–H and O–H groups in total. The molecule has 1 amide bonds. The molecule has 0 radical (unpaired) electrons. The van der Waals surface area contributed by atoms with E-state index in [9.17, 15) is 9.18 Å². The van der Waals surface area contributed by atoms with Crippen LogP contribution in [0.2, 0.25) is 0 Å². The van der Waals surface area contributed by atoms with Crippen LogP contribution in [0.15, 0.2) is 18.3 Å². The van der Waals surface area contributed by atoms with Gasteiger partial charge in [-0.3, -0.25) is 0 Å². The van der Waals surface area contributed by atoms with Gasteiger partial charge in [0, 0.05) is 24.7 Å². The molecule has 5 nitrogen and oxygen atoms in total. The molecule has 0 aromatic carbocycles. The van der Waals surface area contributed by atoms with Crippen LogP contribution in [0.1, 0.15) is 13.3 Å². The Morgan fingerprint density at radius 1 is 1.71 bits per heavy atom. The summed E-state index contributed by atoms with van der Waals surface area (Å²) in [6.07, 6.45) is 0.675. The third-order valence-electron chi connectivity index (χ3n) is 2.77. The summed E-state index contributed by atoms with van der Waals surface area (Å²) < 4.78 is 18.3. The molecular formula is C11H13FN2O3. The summed E-state index contributed by atoms with van der Waals surface area (Å²) in [6, 6.07) is 2.33. The molecule has 0 aliphatic carbocycles. The molecule has 6 heteroatoms. The van der Waals surface area contributed by atoms with Crippen LogP contribution in [0.4, 0.5) is 9.18 Å². The third-order valence-corrected chi connectivity index (χ3v) is 2.77. The Kier molecular flexibility index (Phi) is 3.12. The van der Waals surface area contributed by atoms with Crippen LogP contribution in [0.3, 0.4) is 0 Å². The highest BCUT2D eigenvalue weighted by Gasteiger charge is 2.33. The molecule has 2 rings (SSSR count). The largest absolute Gasteiger partial charge is 0.472 e. The zero-order chi connectivity index (χ0) is 12.4. The lowest BCUT2D eigenvalue weighted by Crippen LogP contribution is -2.33. The van der Waals surface area contributed by atoms with Gasteiger partial charge in [0.05, 0.1) is 6.54 Å². The zero-order valence-electron chi connectivity index (χ0n) is 9.34. The summed E-state index contributed by atoms with van der Waals surface area (Å²) in [5.74, 6) is -0.231. The van der Waals surface area contributed by atoms with Crippen LogP contribution in [-0.2, 0) is 0 Å². The summed E-state index contributed by atoms with van der Waals surface area (Å²) in [6.45, 7) is 2.10. The van der Waals surface area contributed by atoms with Gasteiger partial charge in [-0.25, -0.2) is 14.2 Å².